The normalized spacial score (nSPS) is 17.9. The van der Waals surface area contributed by atoms with Crippen molar-refractivity contribution < 1.29 is 14.7 Å². The molecule has 1 aliphatic rings. The summed E-state index contributed by atoms with van der Waals surface area (Å²) in [6.07, 6.45) is -0.341. The van der Waals surface area contributed by atoms with Crippen LogP contribution in [0.1, 0.15) is 39.0 Å². The van der Waals surface area contributed by atoms with Crippen LogP contribution in [0, 0.1) is 13.8 Å². The van der Waals surface area contributed by atoms with E-state index in [0.717, 1.165) is 16.7 Å². The van der Waals surface area contributed by atoms with Crippen molar-refractivity contribution in [3.05, 3.63) is 99.6 Å². The van der Waals surface area contributed by atoms with E-state index in [1.165, 1.54) is 4.90 Å². The van der Waals surface area contributed by atoms with Crippen LogP contribution in [0.15, 0.2) is 66.7 Å². The number of hydrogen-bond acceptors (Lipinski definition) is 3. The lowest BCUT2D eigenvalue weighted by Gasteiger charge is -2.23. The van der Waals surface area contributed by atoms with Gasteiger partial charge in [0, 0.05) is 16.1 Å². The summed E-state index contributed by atoms with van der Waals surface area (Å²) in [5.41, 5.74) is 2.54. The number of anilines is 1. The number of benzene rings is 3. The predicted molar refractivity (Wildman–Crippen MR) is 118 cm³/mol. The summed E-state index contributed by atoms with van der Waals surface area (Å²) in [6, 6.07) is 19.9. The molecule has 5 heteroatoms. The number of nitrogens with zero attached hydrogens (tertiary/aromatic N) is 1. The number of hydrogen-bond donors (Lipinski definition) is 1. The Bertz CT molecular complexity index is 1120. The number of rotatable bonds is 5. The first kappa shape index (κ1) is 20.3. The number of aliphatic hydroxyl groups is 1. The van der Waals surface area contributed by atoms with Crippen molar-refractivity contribution in [1.82, 2.24) is 0 Å². The second kappa shape index (κ2) is 7.71. The van der Waals surface area contributed by atoms with Crippen molar-refractivity contribution in [3.63, 3.8) is 0 Å². The fraction of sp³-hybridized carbons (Fsp3) is 0.200. The van der Waals surface area contributed by atoms with Gasteiger partial charge in [0.2, 0.25) is 0 Å². The Kier molecular flexibility index (Phi) is 5.22. The molecule has 30 heavy (non-hydrogen) atoms. The molecule has 0 spiro atoms. The molecule has 0 aliphatic carbocycles. The number of carbonyl (C=O) groups is 2. The summed E-state index contributed by atoms with van der Waals surface area (Å²) < 4.78 is 0. The zero-order chi connectivity index (χ0) is 21.5. The third-order valence-corrected chi connectivity index (χ3v) is 5.78. The van der Waals surface area contributed by atoms with Crippen LogP contribution in [0.25, 0.3) is 0 Å². The predicted octanol–water partition coefficient (Wildman–Crippen LogP) is 4.96. The van der Waals surface area contributed by atoms with Gasteiger partial charge in [-0.3, -0.25) is 9.59 Å². The number of aryl methyl sites for hydroxylation is 2. The van der Waals surface area contributed by atoms with Gasteiger partial charge in [-0.25, -0.2) is 0 Å². The van der Waals surface area contributed by atoms with Crippen LogP contribution in [0.2, 0.25) is 5.02 Å². The van der Waals surface area contributed by atoms with E-state index in [2.05, 4.69) is 0 Å². The fourth-order valence-electron chi connectivity index (χ4n) is 3.80. The van der Waals surface area contributed by atoms with Gasteiger partial charge in [-0.15, -0.1) is 0 Å². The zero-order valence-electron chi connectivity index (χ0n) is 16.9. The molecule has 0 radical (unpaired) electrons. The second-order valence-electron chi connectivity index (χ2n) is 7.86. The highest BCUT2D eigenvalue weighted by Crippen LogP contribution is 2.44. The van der Waals surface area contributed by atoms with Crippen molar-refractivity contribution in [3.8, 4) is 0 Å². The van der Waals surface area contributed by atoms with E-state index in [-0.39, 0.29) is 12.2 Å². The summed E-state index contributed by atoms with van der Waals surface area (Å²) in [5, 5.41) is 11.8. The number of Topliss-reactive ketones (excluding diaryl/α,β-unsaturated/α-hetero) is 1. The smallest absolute Gasteiger partial charge is 0.264 e. The topological polar surface area (TPSA) is 57.6 Å². The number of amides is 1. The summed E-state index contributed by atoms with van der Waals surface area (Å²) in [6.45, 7) is 4.23. The lowest BCUT2D eigenvalue weighted by molar-refractivity contribution is -0.136. The van der Waals surface area contributed by atoms with Crippen molar-refractivity contribution >= 4 is 29.0 Å². The van der Waals surface area contributed by atoms with E-state index in [4.69, 9.17) is 11.6 Å². The molecule has 1 N–H and O–H groups in total. The lowest BCUT2D eigenvalue weighted by Crippen LogP contribution is -2.41. The molecule has 0 unspecified atom stereocenters. The maximum atomic E-state index is 13.4. The van der Waals surface area contributed by atoms with E-state index >= 15 is 0 Å². The van der Waals surface area contributed by atoms with Gasteiger partial charge in [0.15, 0.2) is 11.4 Å². The average Bonchev–Trinajstić information content (AvgIpc) is 2.91. The first-order valence-electron chi connectivity index (χ1n) is 9.78. The molecule has 152 valence electrons. The van der Waals surface area contributed by atoms with Gasteiger partial charge in [-0.2, -0.15) is 0 Å². The molecule has 3 aromatic carbocycles. The molecule has 1 amide bonds. The highest BCUT2D eigenvalue weighted by atomic mass is 35.5. The van der Waals surface area contributed by atoms with Gasteiger partial charge in [0.05, 0.1) is 18.7 Å². The van der Waals surface area contributed by atoms with Gasteiger partial charge < -0.3 is 10.0 Å². The number of fused-ring (bicyclic) bond motifs is 1. The number of halogens is 1. The zero-order valence-corrected chi connectivity index (χ0v) is 17.6. The molecule has 4 nitrogen and oxygen atoms in total. The van der Waals surface area contributed by atoms with E-state index in [9.17, 15) is 14.7 Å². The van der Waals surface area contributed by atoms with Crippen LogP contribution in [-0.2, 0) is 16.9 Å². The molecular formula is C25H22ClNO3. The SMILES string of the molecule is Cc1ccc(CN2C(=O)[C@@](O)(CC(=O)c3ccc(C)cc3)c3cc(Cl)ccc32)cc1. The van der Waals surface area contributed by atoms with Crippen LogP contribution in [0.3, 0.4) is 0 Å². The summed E-state index contributed by atoms with van der Waals surface area (Å²) in [7, 11) is 0. The number of carbonyl (C=O) groups excluding carboxylic acids is 2. The Morgan fingerprint density at radius 3 is 2.20 bits per heavy atom. The Labute approximate surface area is 180 Å². The summed E-state index contributed by atoms with van der Waals surface area (Å²) in [5.74, 6) is -0.810. The molecule has 0 saturated heterocycles. The second-order valence-corrected chi connectivity index (χ2v) is 8.30. The minimum Gasteiger partial charge on any atom is -0.375 e. The Morgan fingerprint density at radius 1 is 0.967 bits per heavy atom. The van der Waals surface area contributed by atoms with Gasteiger partial charge in [0.1, 0.15) is 0 Å². The van der Waals surface area contributed by atoms with Crippen LogP contribution in [0.5, 0.6) is 0 Å². The maximum absolute atomic E-state index is 13.4. The Balaban J connectivity index is 1.70. The molecule has 1 atom stereocenters. The minimum absolute atomic E-state index is 0.297. The molecule has 0 bridgehead atoms. The van der Waals surface area contributed by atoms with E-state index < -0.39 is 11.5 Å². The van der Waals surface area contributed by atoms with Crippen LogP contribution in [0.4, 0.5) is 5.69 Å². The first-order chi connectivity index (χ1) is 14.3. The first-order valence-corrected chi connectivity index (χ1v) is 10.2. The van der Waals surface area contributed by atoms with Gasteiger partial charge in [0.25, 0.3) is 5.91 Å². The molecule has 1 heterocycles. The average molecular weight is 420 g/mol. The minimum atomic E-state index is -1.95. The van der Waals surface area contributed by atoms with Crippen molar-refractivity contribution in [2.24, 2.45) is 0 Å². The monoisotopic (exact) mass is 419 g/mol. The molecule has 4 rings (SSSR count). The third-order valence-electron chi connectivity index (χ3n) is 5.55. The van der Waals surface area contributed by atoms with Crippen molar-refractivity contribution in [1.29, 1.82) is 0 Å². The highest BCUT2D eigenvalue weighted by molar-refractivity contribution is 6.31. The van der Waals surface area contributed by atoms with Gasteiger partial charge in [-0.1, -0.05) is 71.3 Å². The quantitative estimate of drug-likeness (QED) is 0.594. The molecule has 0 aromatic heterocycles. The van der Waals surface area contributed by atoms with Crippen molar-refractivity contribution in [2.45, 2.75) is 32.4 Å². The standard InChI is InChI=1S/C25H22ClNO3/c1-16-3-7-18(8-4-16)15-27-22-12-11-20(26)13-21(22)25(30,24(27)29)14-23(28)19-9-5-17(2)6-10-19/h3-13,30H,14-15H2,1-2H3/t25-/m1/s1. The van der Waals surface area contributed by atoms with Gasteiger partial charge >= 0.3 is 0 Å². The highest BCUT2D eigenvalue weighted by Gasteiger charge is 2.51. The maximum Gasteiger partial charge on any atom is 0.264 e. The van der Waals surface area contributed by atoms with E-state index in [1.807, 2.05) is 50.2 Å². The van der Waals surface area contributed by atoms with Crippen LogP contribution < -0.4 is 4.90 Å². The fourth-order valence-corrected chi connectivity index (χ4v) is 3.97. The summed E-state index contributed by atoms with van der Waals surface area (Å²) >= 11 is 6.17. The molecular weight excluding hydrogens is 398 g/mol. The molecule has 3 aromatic rings. The van der Waals surface area contributed by atoms with Crippen molar-refractivity contribution in [2.75, 3.05) is 4.90 Å². The van der Waals surface area contributed by atoms with E-state index in [1.54, 1.807) is 30.3 Å². The Hall–Kier alpha value is -2.95. The lowest BCUT2D eigenvalue weighted by atomic mass is 9.88. The third kappa shape index (κ3) is 3.64. The van der Waals surface area contributed by atoms with E-state index in [0.29, 0.717) is 28.4 Å². The summed E-state index contributed by atoms with van der Waals surface area (Å²) in [4.78, 5) is 27.8. The Morgan fingerprint density at radius 2 is 1.57 bits per heavy atom. The molecule has 0 fully saturated rings. The molecule has 1 aliphatic heterocycles. The molecule has 0 saturated carbocycles. The number of ketones is 1. The van der Waals surface area contributed by atoms with Gasteiger partial charge in [-0.05, 0) is 37.6 Å². The van der Waals surface area contributed by atoms with Crippen LogP contribution >= 0.6 is 11.6 Å². The van der Waals surface area contributed by atoms with Crippen LogP contribution in [-0.4, -0.2) is 16.8 Å². The largest absolute Gasteiger partial charge is 0.375 e.